The molecule has 132 valence electrons. The van der Waals surface area contributed by atoms with Gasteiger partial charge in [0.1, 0.15) is 11.6 Å². The zero-order valence-corrected chi connectivity index (χ0v) is 14.2. The van der Waals surface area contributed by atoms with Crippen LogP contribution in [-0.2, 0) is 0 Å². The zero-order chi connectivity index (χ0) is 17.6. The van der Waals surface area contributed by atoms with Crippen LogP contribution in [0.2, 0.25) is 0 Å². The van der Waals surface area contributed by atoms with E-state index in [0.29, 0.717) is 11.4 Å². The quantitative estimate of drug-likeness (QED) is 0.891. The lowest BCUT2D eigenvalue weighted by molar-refractivity contribution is 0.246. The summed E-state index contributed by atoms with van der Waals surface area (Å²) in [6, 6.07) is 14.1. The Balaban J connectivity index is 1.51. The van der Waals surface area contributed by atoms with E-state index in [2.05, 4.69) is 27.7 Å². The Bertz CT molecular complexity index is 716. The molecule has 0 aromatic heterocycles. The van der Waals surface area contributed by atoms with Crippen molar-refractivity contribution in [2.24, 2.45) is 0 Å². The van der Waals surface area contributed by atoms with Gasteiger partial charge < -0.3 is 20.3 Å². The van der Waals surface area contributed by atoms with Crippen molar-refractivity contribution in [1.29, 1.82) is 0 Å². The lowest BCUT2D eigenvalue weighted by Gasteiger charge is -2.34. The van der Waals surface area contributed by atoms with Gasteiger partial charge in [-0.3, -0.25) is 0 Å². The summed E-state index contributed by atoms with van der Waals surface area (Å²) < 4.78 is 18.3. The number of halogens is 1. The molecule has 2 aromatic rings. The highest BCUT2D eigenvalue weighted by molar-refractivity contribution is 5.91. The number of methoxy groups -OCH3 is 1. The molecular weight excluding hydrogens is 321 g/mol. The number of urea groups is 1. The summed E-state index contributed by atoms with van der Waals surface area (Å²) in [5.74, 6) is -0.106. The number of ether oxygens (including phenoxy) is 1. The molecule has 0 atom stereocenters. The molecule has 0 bridgehead atoms. The van der Waals surface area contributed by atoms with Crippen LogP contribution in [0.5, 0.6) is 5.75 Å². The topological polar surface area (TPSA) is 53.6 Å². The van der Waals surface area contributed by atoms with E-state index in [4.69, 9.17) is 4.74 Å². The van der Waals surface area contributed by atoms with Gasteiger partial charge in [0.2, 0.25) is 0 Å². The average molecular weight is 343 g/mol. The van der Waals surface area contributed by atoms with Gasteiger partial charge in [-0.1, -0.05) is 18.2 Å². The van der Waals surface area contributed by atoms with Gasteiger partial charge in [-0.2, -0.15) is 0 Å². The highest BCUT2D eigenvalue weighted by Crippen LogP contribution is 2.25. The van der Waals surface area contributed by atoms with Gasteiger partial charge in [0.25, 0.3) is 0 Å². The van der Waals surface area contributed by atoms with Crippen molar-refractivity contribution in [1.82, 2.24) is 5.32 Å². The van der Waals surface area contributed by atoms with Crippen LogP contribution in [0.1, 0.15) is 12.8 Å². The van der Waals surface area contributed by atoms with Crippen molar-refractivity contribution in [3.8, 4) is 5.75 Å². The van der Waals surface area contributed by atoms with Crippen LogP contribution < -0.4 is 20.3 Å². The van der Waals surface area contributed by atoms with Gasteiger partial charge in [-0.25, -0.2) is 9.18 Å². The summed E-state index contributed by atoms with van der Waals surface area (Å²) in [5.41, 5.74) is 1.66. The summed E-state index contributed by atoms with van der Waals surface area (Å²) in [6.07, 6.45) is 1.76. The molecule has 1 aliphatic heterocycles. The number of hydrogen-bond acceptors (Lipinski definition) is 3. The lowest BCUT2D eigenvalue weighted by atomic mass is 10.0. The van der Waals surface area contributed by atoms with Crippen molar-refractivity contribution in [3.05, 3.63) is 54.3 Å². The molecule has 0 spiro atoms. The standard InChI is InChI=1S/C19H22FN3O2/c1-25-18-13-14(20)7-8-17(18)22-19(24)21-15-9-11-23(12-10-15)16-5-3-2-4-6-16/h2-8,13,15H,9-12H2,1H3,(H2,21,22,24). The first-order valence-electron chi connectivity index (χ1n) is 8.37. The molecule has 0 aliphatic carbocycles. The SMILES string of the molecule is COc1cc(F)ccc1NC(=O)NC1CCN(c2ccccc2)CC1. The molecule has 6 heteroatoms. The van der Waals surface area contributed by atoms with Gasteiger partial charge >= 0.3 is 6.03 Å². The van der Waals surface area contributed by atoms with Crippen molar-refractivity contribution in [3.63, 3.8) is 0 Å². The summed E-state index contributed by atoms with van der Waals surface area (Å²) in [6.45, 7) is 1.80. The second-order valence-corrected chi connectivity index (χ2v) is 6.04. The van der Waals surface area contributed by atoms with Crippen molar-refractivity contribution in [2.45, 2.75) is 18.9 Å². The van der Waals surface area contributed by atoms with Crippen molar-refractivity contribution in [2.75, 3.05) is 30.4 Å². The number of carbonyl (C=O) groups excluding carboxylic acids is 1. The number of carbonyl (C=O) groups is 1. The van der Waals surface area contributed by atoms with Crippen LogP contribution in [-0.4, -0.2) is 32.3 Å². The van der Waals surface area contributed by atoms with E-state index < -0.39 is 5.82 Å². The summed E-state index contributed by atoms with van der Waals surface area (Å²) in [5, 5.41) is 5.70. The lowest BCUT2D eigenvalue weighted by Crippen LogP contribution is -2.46. The van der Waals surface area contributed by atoms with E-state index in [9.17, 15) is 9.18 Å². The minimum absolute atomic E-state index is 0.117. The van der Waals surface area contributed by atoms with Crippen LogP contribution in [0.4, 0.5) is 20.6 Å². The van der Waals surface area contributed by atoms with Gasteiger partial charge in [0, 0.05) is 30.9 Å². The molecule has 25 heavy (non-hydrogen) atoms. The number of anilines is 2. The predicted molar refractivity (Wildman–Crippen MR) is 96.8 cm³/mol. The van der Waals surface area contributed by atoms with Gasteiger partial charge in [0.05, 0.1) is 12.8 Å². The molecule has 2 N–H and O–H groups in total. The third-order valence-electron chi connectivity index (χ3n) is 4.36. The molecule has 3 rings (SSSR count). The van der Waals surface area contributed by atoms with Gasteiger partial charge in [0.15, 0.2) is 0 Å². The Kier molecular flexibility index (Phi) is 5.38. The minimum atomic E-state index is -0.406. The minimum Gasteiger partial charge on any atom is -0.494 e. The normalized spacial score (nSPS) is 14.9. The van der Waals surface area contributed by atoms with Gasteiger partial charge in [-0.05, 0) is 37.1 Å². The molecule has 2 aromatic carbocycles. The third kappa shape index (κ3) is 4.41. The van der Waals surface area contributed by atoms with Crippen LogP contribution >= 0.6 is 0 Å². The molecule has 0 saturated carbocycles. The Morgan fingerprint density at radius 3 is 2.56 bits per heavy atom. The number of nitrogens with one attached hydrogen (secondary N) is 2. The highest BCUT2D eigenvalue weighted by atomic mass is 19.1. The molecule has 5 nitrogen and oxygen atoms in total. The molecule has 1 heterocycles. The Hall–Kier alpha value is -2.76. The van der Waals surface area contributed by atoms with Crippen LogP contribution in [0.3, 0.4) is 0 Å². The van der Waals surface area contributed by atoms with Crippen molar-refractivity contribution >= 4 is 17.4 Å². The fraction of sp³-hybridized carbons (Fsp3) is 0.316. The largest absolute Gasteiger partial charge is 0.494 e. The Labute approximate surface area is 146 Å². The Morgan fingerprint density at radius 2 is 1.88 bits per heavy atom. The maximum atomic E-state index is 13.2. The number of benzene rings is 2. The van der Waals surface area contributed by atoms with Crippen molar-refractivity contribution < 1.29 is 13.9 Å². The van der Waals surface area contributed by atoms with E-state index in [1.54, 1.807) is 0 Å². The second-order valence-electron chi connectivity index (χ2n) is 6.04. The first-order valence-corrected chi connectivity index (χ1v) is 8.37. The number of rotatable bonds is 4. The monoisotopic (exact) mass is 343 g/mol. The van der Waals surface area contributed by atoms with E-state index in [1.165, 1.54) is 31.0 Å². The summed E-state index contributed by atoms with van der Waals surface area (Å²) in [7, 11) is 1.44. The Morgan fingerprint density at radius 1 is 1.16 bits per heavy atom. The predicted octanol–water partition coefficient (Wildman–Crippen LogP) is 3.62. The highest BCUT2D eigenvalue weighted by Gasteiger charge is 2.21. The molecule has 1 saturated heterocycles. The second kappa shape index (κ2) is 7.88. The molecular formula is C19H22FN3O2. The first kappa shape index (κ1) is 17.1. The van der Waals surface area contributed by atoms with E-state index in [0.717, 1.165) is 25.9 Å². The van der Waals surface area contributed by atoms with Gasteiger partial charge in [-0.15, -0.1) is 0 Å². The van der Waals surface area contributed by atoms with Crippen LogP contribution in [0.15, 0.2) is 48.5 Å². The summed E-state index contributed by atoms with van der Waals surface area (Å²) >= 11 is 0. The fourth-order valence-corrected chi connectivity index (χ4v) is 3.03. The van der Waals surface area contributed by atoms with E-state index in [1.807, 2.05) is 18.2 Å². The number of nitrogens with zero attached hydrogens (tertiary/aromatic N) is 1. The third-order valence-corrected chi connectivity index (χ3v) is 4.36. The maximum Gasteiger partial charge on any atom is 0.319 e. The van der Waals surface area contributed by atoms with Crippen LogP contribution in [0, 0.1) is 5.82 Å². The maximum absolute atomic E-state index is 13.2. The smallest absolute Gasteiger partial charge is 0.319 e. The fourth-order valence-electron chi connectivity index (χ4n) is 3.03. The summed E-state index contributed by atoms with van der Waals surface area (Å²) in [4.78, 5) is 14.5. The van der Waals surface area contributed by atoms with E-state index >= 15 is 0 Å². The van der Waals surface area contributed by atoms with Crippen LogP contribution in [0.25, 0.3) is 0 Å². The average Bonchev–Trinajstić information content (AvgIpc) is 2.64. The van der Waals surface area contributed by atoms with E-state index in [-0.39, 0.29) is 12.1 Å². The molecule has 0 unspecified atom stereocenters. The number of hydrogen-bond donors (Lipinski definition) is 2. The molecule has 2 amide bonds. The molecule has 1 fully saturated rings. The molecule has 1 aliphatic rings. The number of piperidine rings is 1. The first-order chi connectivity index (χ1) is 12.2. The number of amides is 2. The number of para-hydroxylation sites is 1. The zero-order valence-electron chi connectivity index (χ0n) is 14.2. The molecule has 0 radical (unpaired) electrons.